The van der Waals surface area contributed by atoms with Crippen LogP contribution in [0.3, 0.4) is 0 Å². The summed E-state index contributed by atoms with van der Waals surface area (Å²) in [5.41, 5.74) is 2.22. The molecule has 0 saturated carbocycles. The Morgan fingerprint density at radius 2 is 1.96 bits per heavy atom. The Bertz CT molecular complexity index is 777. The summed E-state index contributed by atoms with van der Waals surface area (Å²) in [5.74, 6) is 1.49. The number of rotatable bonds is 5. The van der Waals surface area contributed by atoms with Gasteiger partial charge in [0.2, 0.25) is 0 Å². The van der Waals surface area contributed by atoms with E-state index < -0.39 is 0 Å². The lowest BCUT2D eigenvalue weighted by Gasteiger charge is -2.12. The maximum Gasteiger partial charge on any atom is 0.323 e. The molecule has 2 N–H and O–H groups in total. The number of carbonyl (C=O) groups is 1. The van der Waals surface area contributed by atoms with Gasteiger partial charge in [0.1, 0.15) is 11.6 Å². The molecule has 25 heavy (non-hydrogen) atoms. The molecule has 0 radical (unpaired) electrons. The van der Waals surface area contributed by atoms with E-state index in [2.05, 4.69) is 15.6 Å². The Labute approximate surface area is 151 Å². The molecule has 6 nitrogen and oxygen atoms in total. The molecule has 0 aromatic heterocycles. The normalized spacial score (nSPS) is 13.4. The number of amidine groups is 1. The van der Waals surface area contributed by atoms with Crippen molar-refractivity contribution in [3.05, 3.63) is 54.1 Å². The lowest BCUT2D eigenvalue weighted by Crippen LogP contribution is -2.20. The third-order valence-electron chi connectivity index (χ3n) is 3.59. The molecule has 1 aliphatic heterocycles. The summed E-state index contributed by atoms with van der Waals surface area (Å²) in [6.07, 6.45) is 0. The number of hydrogen-bond acceptors (Lipinski definition) is 4. The standard InChI is InChI=1S/C18H19ClN4O2/c1-2-25-16-8-6-14(7-9-16)21-18(24)22-15-5-3-4-13(12-15)17-20-10-11-23(17)19/h3-9,12H,2,10-11H2,1H3,(H2,21,22,24). The van der Waals surface area contributed by atoms with E-state index in [-0.39, 0.29) is 6.03 Å². The molecule has 7 heteroatoms. The number of carbonyl (C=O) groups excluding carboxylic acids is 1. The van der Waals surface area contributed by atoms with E-state index in [1.54, 1.807) is 16.6 Å². The first-order valence-corrected chi connectivity index (χ1v) is 8.38. The first-order valence-electron chi connectivity index (χ1n) is 8.05. The highest BCUT2D eigenvalue weighted by atomic mass is 35.5. The molecule has 2 amide bonds. The van der Waals surface area contributed by atoms with Crippen molar-refractivity contribution >= 4 is 35.0 Å². The van der Waals surface area contributed by atoms with Gasteiger partial charge in [-0.05, 0) is 43.3 Å². The number of benzene rings is 2. The molecular formula is C18H19ClN4O2. The minimum absolute atomic E-state index is 0.322. The zero-order valence-electron chi connectivity index (χ0n) is 13.8. The van der Waals surface area contributed by atoms with Gasteiger partial charge >= 0.3 is 6.03 Å². The van der Waals surface area contributed by atoms with E-state index in [4.69, 9.17) is 16.5 Å². The number of amides is 2. The van der Waals surface area contributed by atoms with Crippen LogP contribution in [0.15, 0.2) is 53.5 Å². The quantitative estimate of drug-likeness (QED) is 0.795. The third kappa shape index (κ3) is 4.42. The predicted octanol–water partition coefficient (Wildman–Crippen LogP) is 3.95. The van der Waals surface area contributed by atoms with Gasteiger partial charge in [0.15, 0.2) is 0 Å². The van der Waals surface area contributed by atoms with Crippen molar-refractivity contribution in [2.24, 2.45) is 4.99 Å². The van der Waals surface area contributed by atoms with E-state index in [9.17, 15) is 4.79 Å². The van der Waals surface area contributed by atoms with Gasteiger partial charge in [0.05, 0.1) is 19.7 Å². The average Bonchev–Trinajstić information content (AvgIpc) is 3.03. The number of urea groups is 1. The van der Waals surface area contributed by atoms with Gasteiger partial charge in [0, 0.05) is 28.7 Å². The maximum atomic E-state index is 12.2. The lowest BCUT2D eigenvalue weighted by atomic mass is 10.2. The summed E-state index contributed by atoms with van der Waals surface area (Å²) in [7, 11) is 0. The molecule has 1 heterocycles. The van der Waals surface area contributed by atoms with Gasteiger partial charge < -0.3 is 15.4 Å². The van der Waals surface area contributed by atoms with Crippen molar-refractivity contribution < 1.29 is 9.53 Å². The fraction of sp³-hybridized carbons (Fsp3) is 0.222. The molecule has 0 saturated heterocycles. The summed E-state index contributed by atoms with van der Waals surface area (Å²) < 4.78 is 6.96. The molecule has 0 spiro atoms. The van der Waals surface area contributed by atoms with Gasteiger partial charge in [0.25, 0.3) is 0 Å². The Hall–Kier alpha value is -2.73. The molecule has 1 aliphatic rings. The zero-order chi connectivity index (χ0) is 17.6. The van der Waals surface area contributed by atoms with Gasteiger partial charge in [-0.3, -0.25) is 9.41 Å². The fourth-order valence-corrected chi connectivity index (χ4v) is 2.71. The minimum Gasteiger partial charge on any atom is -0.494 e. The highest BCUT2D eigenvalue weighted by Gasteiger charge is 2.17. The van der Waals surface area contributed by atoms with Crippen LogP contribution in [-0.4, -0.2) is 36.0 Å². The topological polar surface area (TPSA) is 66.0 Å². The van der Waals surface area contributed by atoms with Crippen LogP contribution >= 0.6 is 11.8 Å². The second-order valence-corrected chi connectivity index (χ2v) is 5.82. The third-order valence-corrected chi connectivity index (χ3v) is 3.92. The molecule has 0 bridgehead atoms. The molecule has 2 aromatic rings. The molecule has 0 atom stereocenters. The van der Waals surface area contributed by atoms with Crippen molar-refractivity contribution in [3.8, 4) is 5.75 Å². The van der Waals surface area contributed by atoms with Gasteiger partial charge in [-0.15, -0.1) is 0 Å². The van der Waals surface area contributed by atoms with Crippen LogP contribution in [0.1, 0.15) is 12.5 Å². The van der Waals surface area contributed by atoms with Crippen LogP contribution in [-0.2, 0) is 0 Å². The fourth-order valence-electron chi connectivity index (χ4n) is 2.49. The molecule has 130 valence electrons. The van der Waals surface area contributed by atoms with E-state index in [1.165, 1.54) is 0 Å². The Kier molecular flexibility index (Phi) is 5.40. The van der Waals surface area contributed by atoms with Crippen LogP contribution in [0.25, 0.3) is 0 Å². The Morgan fingerprint density at radius 3 is 2.64 bits per heavy atom. The highest BCUT2D eigenvalue weighted by Crippen LogP contribution is 2.19. The molecule has 0 unspecified atom stereocenters. The molecular weight excluding hydrogens is 340 g/mol. The summed E-state index contributed by atoms with van der Waals surface area (Å²) >= 11 is 6.11. The van der Waals surface area contributed by atoms with Gasteiger partial charge in [-0.2, -0.15) is 0 Å². The summed E-state index contributed by atoms with van der Waals surface area (Å²) in [6.45, 7) is 3.89. The van der Waals surface area contributed by atoms with Gasteiger partial charge in [-0.1, -0.05) is 12.1 Å². The van der Waals surface area contributed by atoms with Crippen LogP contribution in [0, 0.1) is 0 Å². The average molecular weight is 359 g/mol. The molecule has 0 fully saturated rings. The summed E-state index contributed by atoms with van der Waals surface area (Å²) in [5, 5.41) is 5.60. The van der Waals surface area contributed by atoms with Crippen LogP contribution < -0.4 is 15.4 Å². The predicted molar refractivity (Wildman–Crippen MR) is 101 cm³/mol. The smallest absolute Gasteiger partial charge is 0.323 e. The summed E-state index contributed by atoms with van der Waals surface area (Å²) in [4.78, 5) is 16.5. The number of nitrogens with zero attached hydrogens (tertiary/aromatic N) is 2. The number of hydrogen-bond donors (Lipinski definition) is 2. The first kappa shape index (κ1) is 17.1. The number of anilines is 2. The van der Waals surface area contributed by atoms with E-state index in [1.807, 2.05) is 43.3 Å². The summed E-state index contributed by atoms with van der Waals surface area (Å²) in [6, 6.07) is 14.3. The maximum absolute atomic E-state index is 12.2. The lowest BCUT2D eigenvalue weighted by molar-refractivity contribution is 0.262. The van der Waals surface area contributed by atoms with Crippen molar-refractivity contribution in [1.82, 2.24) is 4.42 Å². The van der Waals surface area contributed by atoms with Crippen molar-refractivity contribution in [3.63, 3.8) is 0 Å². The van der Waals surface area contributed by atoms with Crippen molar-refractivity contribution in [2.75, 3.05) is 30.3 Å². The zero-order valence-corrected chi connectivity index (χ0v) is 14.6. The highest BCUT2D eigenvalue weighted by molar-refractivity contribution is 6.26. The molecule has 3 rings (SSSR count). The van der Waals surface area contributed by atoms with Crippen LogP contribution in [0.5, 0.6) is 5.75 Å². The molecule has 0 aliphatic carbocycles. The second kappa shape index (κ2) is 7.90. The Morgan fingerprint density at radius 1 is 1.20 bits per heavy atom. The van der Waals surface area contributed by atoms with Crippen molar-refractivity contribution in [2.45, 2.75) is 6.92 Å². The largest absolute Gasteiger partial charge is 0.494 e. The Balaban J connectivity index is 1.63. The number of halogens is 1. The monoisotopic (exact) mass is 358 g/mol. The number of ether oxygens (including phenoxy) is 1. The SMILES string of the molecule is CCOc1ccc(NC(=O)Nc2cccc(C3=NCCN3Cl)c2)cc1. The van der Waals surface area contributed by atoms with E-state index >= 15 is 0 Å². The molecule has 2 aromatic carbocycles. The van der Waals surface area contributed by atoms with E-state index in [0.29, 0.717) is 31.1 Å². The number of aliphatic imine (C=N–C) groups is 1. The van der Waals surface area contributed by atoms with Gasteiger partial charge in [-0.25, -0.2) is 4.79 Å². The number of nitrogens with one attached hydrogen (secondary N) is 2. The van der Waals surface area contributed by atoms with Crippen molar-refractivity contribution in [1.29, 1.82) is 0 Å². The van der Waals surface area contributed by atoms with Crippen LogP contribution in [0.2, 0.25) is 0 Å². The van der Waals surface area contributed by atoms with Crippen LogP contribution in [0.4, 0.5) is 16.2 Å². The first-order chi connectivity index (χ1) is 12.2. The minimum atomic E-state index is -0.322. The van der Waals surface area contributed by atoms with E-state index in [0.717, 1.165) is 17.1 Å². The second-order valence-electron chi connectivity index (χ2n) is 5.41.